The van der Waals surface area contributed by atoms with Gasteiger partial charge in [0, 0.05) is 16.6 Å². The third-order valence-corrected chi connectivity index (χ3v) is 4.31. The Kier molecular flexibility index (Phi) is 6.19. The number of carbonyl (C=O) groups is 1. The Hall–Kier alpha value is -3.01. The summed E-state index contributed by atoms with van der Waals surface area (Å²) in [7, 11) is 0. The average molecular weight is 408 g/mol. The second-order valence-electron chi connectivity index (χ2n) is 5.53. The van der Waals surface area contributed by atoms with Crippen LogP contribution in [0.1, 0.15) is 10.4 Å². The minimum Gasteiger partial charge on any atom is -0.492 e. The van der Waals surface area contributed by atoms with Crippen molar-refractivity contribution in [2.75, 3.05) is 11.9 Å². The standard InChI is InChI=1S/C18H15F3N4O2S/c19-18(20,21)28-16-7-2-1-6-15(16)17(26)24-13-4-3-5-14(10-13)27-9-8-25-12-22-11-23-25/h1-7,10-12H,8-9H2,(H,24,26). The normalized spacial score (nSPS) is 11.2. The lowest BCUT2D eigenvalue weighted by Gasteiger charge is -2.12. The van der Waals surface area contributed by atoms with Crippen LogP contribution < -0.4 is 10.1 Å². The highest BCUT2D eigenvalue weighted by Gasteiger charge is 2.31. The molecule has 1 aromatic heterocycles. The first kappa shape index (κ1) is 19.7. The molecule has 0 unspecified atom stereocenters. The van der Waals surface area contributed by atoms with Gasteiger partial charge in [-0.05, 0) is 36.0 Å². The minimum absolute atomic E-state index is 0.0534. The maximum atomic E-state index is 12.7. The van der Waals surface area contributed by atoms with E-state index in [0.29, 0.717) is 24.6 Å². The lowest BCUT2D eigenvalue weighted by atomic mass is 10.2. The fourth-order valence-electron chi connectivity index (χ4n) is 2.34. The van der Waals surface area contributed by atoms with E-state index in [0.717, 1.165) is 0 Å². The van der Waals surface area contributed by atoms with E-state index in [2.05, 4.69) is 15.4 Å². The molecule has 28 heavy (non-hydrogen) atoms. The van der Waals surface area contributed by atoms with Gasteiger partial charge in [-0.15, -0.1) is 0 Å². The van der Waals surface area contributed by atoms with Crippen LogP contribution in [0.25, 0.3) is 0 Å². The first-order valence-electron chi connectivity index (χ1n) is 8.12. The zero-order valence-electron chi connectivity index (χ0n) is 14.4. The summed E-state index contributed by atoms with van der Waals surface area (Å²) < 4.78 is 45.3. The molecule has 0 aliphatic rings. The van der Waals surface area contributed by atoms with Gasteiger partial charge in [-0.3, -0.25) is 4.79 Å². The molecule has 146 valence electrons. The predicted molar refractivity (Wildman–Crippen MR) is 98.3 cm³/mol. The van der Waals surface area contributed by atoms with Crippen LogP contribution in [0.4, 0.5) is 18.9 Å². The molecule has 0 bridgehead atoms. The van der Waals surface area contributed by atoms with Gasteiger partial charge < -0.3 is 10.1 Å². The molecule has 10 heteroatoms. The van der Waals surface area contributed by atoms with Crippen molar-refractivity contribution in [2.24, 2.45) is 0 Å². The molecule has 1 amide bonds. The van der Waals surface area contributed by atoms with Crippen molar-refractivity contribution in [3.05, 3.63) is 66.7 Å². The van der Waals surface area contributed by atoms with Crippen LogP contribution in [0.3, 0.4) is 0 Å². The number of hydrogen-bond acceptors (Lipinski definition) is 5. The highest BCUT2D eigenvalue weighted by atomic mass is 32.2. The molecule has 0 radical (unpaired) electrons. The van der Waals surface area contributed by atoms with Gasteiger partial charge in [-0.1, -0.05) is 18.2 Å². The number of carbonyl (C=O) groups excluding carboxylic acids is 1. The Morgan fingerprint density at radius 1 is 1.18 bits per heavy atom. The van der Waals surface area contributed by atoms with E-state index in [9.17, 15) is 18.0 Å². The molecule has 0 aliphatic heterocycles. The summed E-state index contributed by atoms with van der Waals surface area (Å²) >= 11 is -0.320. The van der Waals surface area contributed by atoms with E-state index in [1.54, 1.807) is 35.3 Å². The molecule has 2 aromatic carbocycles. The first-order valence-corrected chi connectivity index (χ1v) is 8.94. The van der Waals surface area contributed by atoms with Crippen LogP contribution in [0, 0.1) is 0 Å². The number of nitrogens with zero attached hydrogens (tertiary/aromatic N) is 3. The van der Waals surface area contributed by atoms with Crippen molar-refractivity contribution >= 4 is 23.4 Å². The Morgan fingerprint density at radius 2 is 2.00 bits per heavy atom. The van der Waals surface area contributed by atoms with Crippen molar-refractivity contribution in [1.82, 2.24) is 14.8 Å². The quantitative estimate of drug-likeness (QED) is 0.593. The van der Waals surface area contributed by atoms with Crippen LogP contribution in [-0.2, 0) is 6.54 Å². The maximum absolute atomic E-state index is 12.7. The van der Waals surface area contributed by atoms with Crippen molar-refractivity contribution in [2.45, 2.75) is 16.9 Å². The lowest BCUT2D eigenvalue weighted by molar-refractivity contribution is -0.0328. The van der Waals surface area contributed by atoms with Gasteiger partial charge in [-0.25, -0.2) is 9.67 Å². The Labute approximate surface area is 162 Å². The van der Waals surface area contributed by atoms with E-state index < -0.39 is 11.4 Å². The molecule has 0 saturated carbocycles. The van der Waals surface area contributed by atoms with Crippen LogP contribution in [0.2, 0.25) is 0 Å². The monoisotopic (exact) mass is 408 g/mol. The van der Waals surface area contributed by atoms with E-state index in [1.807, 2.05) is 0 Å². The smallest absolute Gasteiger partial charge is 0.446 e. The van der Waals surface area contributed by atoms with Crippen LogP contribution in [-0.4, -0.2) is 32.8 Å². The van der Waals surface area contributed by atoms with Crippen LogP contribution >= 0.6 is 11.8 Å². The average Bonchev–Trinajstić information content (AvgIpc) is 3.14. The zero-order chi connectivity index (χ0) is 20.0. The molecule has 3 aromatic rings. The molecular weight excluding hydrogens is 393 g/mol. The van der Waals surface area contributed by atoms with Gasteiger partial charge in [0.15, 0.2) is 0 Å². The molecule has 3 rings (SSSR count). The van der Waals surface area contributed by atoms with Crippen molar-refractivity contribution in [3.8, 4) is 5.75 Å². The number of hydrogen-bond donors (Lipinski definition) is 1. The summed E-state index contributed by atoms with van der Waals surface area (Å²) in [6, 6.07) is 12.2. The number of alkyl halides is 3. The molecule has 1 heterocycles. The van der Waals surface area contributed by atoms with Gasteiger partial charge in [0.1, 0.15) is 25.0 Å². The van der Waals surface area contributed by atoms with Crippen LogP contribution in [0.5, 0.6) is 5.75 Å². The fraction of sp³-hybridized carbons (Fsp3) is 0.167. The van der Waals surface area contributed by atoms with Gasteiger partial charge in [0.05, 0.1) is 12.1 Å². The zero-order valence-corrected chi connectivity index (χ0v) is 15.2. The van der Waals surface area contributed by atoms with E-state index in [1.165, 1.54) is 30.6 Å². The highest BCUT2D eigenvalue weighted by Crippen LogP contribution is 2.38. The second-order valence-corrected chi connectivity index (χ2v) is 6.64. The summed E-state index contributed by atoms with van der Waals surface area (Å²) in [6.45, 7) is 0.838. The molecule has 0 fully saturated rings. The Morgan fingerprint density at radius 3 is 2.75 bits per heavy atom. The number of thioether (sulfide) groups is 1. The number of rotatable bonds is 7. The maximum Gasteiger partial charge on any atom is 0.446 e. The van der Waals surface area contributed by atoms with Crippen molar-refractivity contribution in [3.63, 3.8) is 0 Å². The Balaban J connectivity index is 1.64. The van der Waals surface area contributed by atoms with E-state index in [4.69, 9.17) is 4.74 Å². The third-order valence-electron chi connectivity index (χ3n) is 3.50. The van der Waals surface area contributed by atoms with E-state index in [-0.39, 0.29) is 22.2 Å². The SMILES string of the molecule is O=C(Nc1cccc(OCCn2cncn2)c1)c1ccccc1SC(F)(F)F. The molecule has 0 saturated heterocycles. The molecule has 1 N–H and O–H groups in total. The molecule has 6 nitrogen and oxygen atoms in total. The molecular formula is C18H15F3N4O2S. The fourth-order valence-corrected chi connectivity index (χ4v) is 3.00. The minimum atomic E-state index is -4.48. The van der Waals surface area contributed by atoms with Crippen molar-refractivity contribution in [1.29, 1.82) is 0 Å². The molecule has 0 atom stereocenters. The van der Waals surface area contributed by atoms with E-state index >= 15 is 0 Å². The molecule has 0 aliphatic carbocycles. The highest BCUT2D eigenvalue weighted by molar-refractivity contribution is 8.00. The largest absolute Gasteiger partial charge is 0.492 e. The number of nitrogens with one attached hydrogen (secondary N) is 1. The van der Waals surface area contributed by atoms with Crippen molar-refractivity contribution < 1.29 is 22.7 Å². The summed E-state index contributed by atoms with van der Waals surface area (Å²) in [5.74, 6) is -0.122. The Bertz CT molecular complexity index is 933. The number of benzene rings is 2. The summed E-state index contributed by atoms with van der Waals surface area (Å²) in [4.78, 5) is 16.1. The summed E-state index contributed by atoms with van der Waals surface area (Å²) in [5, 5.41) is 6.56. The lowest BCUT2D eigenvalue weighted by Crippen LogP contribution is -2.14. The van der Waals surface area contributed by atoms with Gasteiger partial charge in [0.25, 0.3) is 5.91 Å². The third kappa shape index (κ3) is 5.74. The molecule has 0 spiro atoms. The van der Waals surface area contributed by atoms with Crippen LogP contribution in [0.15, 0.2) is 66.1 Å². The van der Waals surface area contributed by atoms with Gasteiger partial charge in [0.2, 0.25) is 0 Å². The summed E-state index contributed by atoms with van der Waals surface area (Å²) in [5.41, 5.74) is -4.12. The first-order chi connectivity index (χ1) is 13.4. The number of anilines is 1. The number of halogens is 3. The number of ether oxygens (including phenoxy) is 1. The van der Waals surface area contributed by atoms with Gasteiger partial charge >= 0.3 is 5.51 Å². The predicted octanol–water partition coefficient (Wildman–Crippen LogP) is 4.22. The number of amides is 1. The topological polar surface area (TPSA) is 69.0 Å². The summed E-state index contributed by atoms with van der Waals surface area (Å²) in [6.07, 6.45) is 2.99. The second kappa shape index (κ2) is 8.79. The van der Waals surface area contributed by atoms with Gasteiger partial charge in [-0.2, -0.15) is 18.3 Å². The number of aromatic nitrogens is 3.